The number of rotatable bonds is 6. The second-order valence-corrected chi connectivity index (χ2v) is 16.7. The van der Waals surface area contributed by atoms with E-state index in [2.05, 4.69) is 183 Å². The third kappa shape index (κ3) is 6.39. The van der Waals surface area contributed by atoms with Crippen molar-refractivity contribution >= 4 is 44.6 Å². The molecule has 0 N–H and O–H groups in total. The molecule has 0 atom stereocenters. The lowest BCUT2D eigenvalue weighted by Gasteiger charge is -2.25. The number of hydrogen-bond donors (Lipinski definition) is 0. The van der Waals surface area contributed by atoms with Gasteiger partial charge in [-0.15, -0.1) is 0 Å². The molecule has 288 valence electrons. The Bertz CT molecular complexity index is 3040. The summed E-state index contributed by atoms with van der Waals surface area (Å²) in [7, 11) is 0. The van der Waals surface area contributed by atoms with Crippen LogP contribution in [-0.2, 0) is 5.41 Å². The summed E-state index contributed by atoms with van der Waals surface area (Å²) >= 11 is 0. The first kappa shape index (κ1) is 36.2. The normalized spacial score (nSPS) is 12.8. The lowest BCUT2D eigenvalue weighted by atomic mass is 9.88. The molecule has 0 saturated heterocycles. The third-order valence-electron chi connectivity index (χ3n) is 11.5. The van der Waals surface area contributed by atoms with Gasteiger partial charge in [-0.2, -0.15) is 0 Å². The van der Waals surface area contributed by atoms with Gasteiger partial charge in [0.05, 0.1) is 22.4 Å². The molecule has 3 aromatic heterocycles. The molecule has 0 unspecified atom stereocenters. The van der Waals surface area contributed by atoms with Gasteiger partial charge >= 0.3 is 0 Å². The molecule has 9 aromatic rings. The summed E-state index contributed by atoms with van der Waals surface area (Å²) in [5, 5.41) is 2.32. The van der Waals surface area contributed by atoms with Crippen LogP contribution in [0.1, 0.15) is 43.0 Å². The van der Waals surface area contributed by atoms with E-state index in [1.54, 1.807) is 0 Å². The second kappa shape index (κ2) is 14.1. The lowest BCUT2D eigenvalue weighted by molar-refractivity contribution is 0.588. The largest absolute Gasteiger partial charge is 0.321 e. The van der Waals surface area contributed by atoms with E-state index in [4.69, 9.17) is 19.9 Å². The van der Waals surface area contributed by atoms with Crippen LogP contribution in [0.4, 0.5) is 22.7 Å². The van der Waals surface area contributed by atoms with Gasteiger partial charge in [0, 0.05) is 45.0 Å². The van der Waals surface area contributed by atoms with Crippen molar-refractivity contribution in [2.24, 2.45) is 0 Å². The van der Waals surface area contributed by atoms with E-state index in [1.165, 1.54) is 39.0 Å². The number of aromatic nitrogens is 5. The topological polar surface area (TPSA) is 63.0 Å². The minimum atomic E-state index is -0.0231. The molecule has 0 aliphatic carbocycles. The number of pyridine rings is 1. The summed E-state index contributed by atoms with van der Waals surface area (Å²) in [6, 6.07) is 51.4. The Labute approximate surface area is 345 Å². The molecule has 1 aliphatic rings. The molecular weight excluding hydrogens is 723 g/mol. The third-order valence-corrected chi connectivity index (χ3v) is 11.5. The summed E-state index contributed by atoms with van der Waals surface area (Å²) in [5.74, 6) is 2.73. The van der Waals surface area contributed by atoms with Crippen molar-refractivity contribution in [3.8, 4) is 40.0 Å². The van der Waals surface area contributed by atoms with Gasteiger partial charge in [-0.25, -0.2) is 19.9 Å². The highest BCUT2D eigenvalue weighted by Crippen LogP contribution is 2.46. The molecule has 7 nitrogen and oxygen atoms in total. The fourth-order valence-corrected chi connectivity index (χ4v) is 8.75. The van der Waals surface area contributed by atoms with Gasteiger partial charge in [-0.3, -0.25) is 4.57 Å². The zero-order chi connectivity index (χ0) is 40.4. The van der Waals surface area contributed by atoms with Crippen molar-refractivity contribution in [1.82, 2.24) is 24.5 Å². The number of hydrogen-bond acceptors (Lipinski definition) is 6. The number of aryl methyl sites for hydroxylation is 3. The maximum absolute atomic E-state index is 5.24. The summed E-state index contributed by atoms with van der Waals surface area (Å²) < 4.78 is 2.27. The molecule has 59 heavy (non-hydrogen) atoms. The molecule has 0 spiro atoms. The molecule has 6 aromatic carbocycles. The first-order chi connectivity index (χ1) is 28.6. The van der Waals surface area contributed by atoms with Crippen molar-refractivity contribution < 1.29 is 0 Å². The van der Waals surface area contributed by atoms with Crippen molar-refractivity contribution in [2.45, 2.75) is 47.0 Å². The molecule has 10 rings (SSSR count). The van der Waals surface area contributed by atoms with E-state index in [1.807, 2.05) is 24.4 Å². The number of nitrogens with zero attached hydrogens (tertiary/aromatic N) is 7. The van der Waals surface area contributed by atoms with Crippen LogP contribution in [0, 0.1) is 20.8 Å². The number of para-hydroxylation sites is 3. The lowest BCUT2D eigenvalue weighted by Crippen LogP contribution is -2.25. The van der Waals surface area contributed by atoms with Gasteiger partial charge in [0.25, 0.3) is 0 Å². The summed E-state index contributed by atoms with van der Waals surface area (Å²) in [4.78, 5) is 25.2. The number of fused-ring (bicyclic) bond motifs is 4. The van der Waals surface area contributed by atoms with Crippen LogP contribution in [0.15, 0.2) is 152 Å². The van der Waals surface area contributed by atoms with Gasteiger partial charge < -0.3 is 9.80 Å². The molecule has 0 amide bonds. The average molecular weight is 768 g/mol. The van der Waals surface area contributed by atoms with Crippen LogP contribution in [0.3, 0.4) is 0 Å². The van der Waals surface area contributed by atoms with Crippen LogP contribution >= 0.6 is 0 Å². The maximum Gasteiger partial charge on any atom is 0.164 e. The van der Waals surface area contributed by atoms with Crippen LogP contribution in [0.2, 0.25) is 0 Å². The zero-order valence-electron chi connectivity index (χ0n) is 34.3. The highest BCUT2D eigenvalue weighted by Gasteiger charge is 2.30. The fraction of sp³-hybridized carbons (Fsp3) is 0.154. The van der Waals surface area contributed by atoms with E-state index in [0.29, 0.717) is 24.1 Å². The molecule has 0 fully saturated rings. The Morgan fingerprint density at radius 3 is 1.85 bits per heavy atom. The van der Waals surface area contributed by atoms with Crippen molar-refractivity contribution in [1.29, 1.82) is 0 Å². The average Bonchev–Trinajstić information content (AvgIpc) is 3.79. The minimum Gasteiger partial charge on any atom is -0.321 e. The number of benzene rings is 6. The SMILES string of the molecule is Cc1cc(C)c(N2CN(c3cccc(-c4nc(-c5ccccc5)nc(-c5ccc6c7ccccc7n(-c7cc(C(C)(C)C)ccn7)c6c5)n4)c3)c3ccccc32)c(C)c1. The molecular formula is C52H45N7. The van der Waals surface area contributed by atoms with Crippen LogP contribution in [0.25, 0.3) is 61.8 Å². The molecule has 0 saturated carbocycles. The molecule has 1 aliphatic heterocycles. The molecule has 0 radical (unpaired) electrons. The first-order valence-corrected chi connectivity index (χ1v) is 20.2. The van der Waals surface area contributed by atoms with E-state index in [-0.39, 0.29) is 5.41 Å². The van der Waals surface area contributed by atoms with Gasteiger partial charge in [0.15, 0.2) is 17.5 Å². The summed E-state index contributed by atoms with van der Waals surface area (Å²) in [6.07, 6.45) is 1.92. The smallest absolute Gasteiger partial charge is 0.164 e. The Hall–Kier alpha value is -7.12. The molecule has 0 bridgehead atoms. The highest BCUT2D eigenvalue weighted by atomic mass is 15.4. The van der Waals surface area contributed by atoms with E-state index in [0.717, 1.165) is 50.3 Å². The summed E-state index contributed by atoms with van der Waals surface area (Å²) in [6.45, 7) is 14.0. The van der Waals surface area contributed by atoms with E-state index >= 15 is 0 Å². The van der Waals surface area contributed by atoms with Gasteiger partial charge in [-0.05, 0) is 91.4 Å². The van der Waals surface area contributed by atoms with Gasteiger partial charge in [0.2, 0.25) is 0 Å². The standard InChI is InChI=1S/C52H45N7/c1-33-27-34(2)48(35(3)28-33)58-32-57(44-21-12-13-22-45(44)58)40-18-14-17-37(29-40)50-54-49(36-15-8-7-9-16-36)55-51(56-50)38-23-24-42-41-19-10-11-20-43(41)59(46(42)30-38)47-31-39(25-26-53-47)52(4,5)6/h7-31H,32H2,1-6H3. The predicted octanol–water partition coefficient (Wildman–Crippen LogP) is 12.8. The fourth-order valence-electron chi connectivity index (χ4n) is 8.75. The van der Waals surface area contributed by atoms with Crippen LogP contribution in [0.5, 0.6) is 0 Å². The van der Waals surface area contributed by atoms with E-state index < -0.39 is 0 Å². The Balaban J connectivity index is 1.11. The Kier molecular flexibility index (Phi) is 8.64. The monoisotopic (exact) mass is 767 g/mol. The maximum atomic E-state index is 5.24. The van der Waals surface area contributed by atoms with Crippen molar-refractivity contribution in [2.75, 3.05) is 16.5 Å². The first-order valence-electron chi connectivity index (χ1n) is 20.2. The van der Waals surface area contributed by atoms with Gasteiger partial charge in [-0.1, -0.05) is 123 Å². The quantitative estimate of drug-likeness (QED) is 0.168. The van der Waals surface area contributed by atoms with E-state index in [9.17, 15) is 0 Å². The van der Waals surface area contributed by atoms with Gasteiger partial charge in [0.1, 0.15) is 12.5 Å². The Morgan fingerprint density at radius 2 is 1.12 bits per heavy atom. The number of anilines is 4. The summed E-state index contributed by atoms with van der Waals surface area (Å²) in [5.41, 5.74) is 14.6. The zero-order valence-corrected chi connectivity index (χ0v) is 34.3. The van der Waals surface area contributed by atoms with Crippen LogP contribution < -0.4 is 9.80 Å². The molecule has 4 heterocycles. The highest BCUT2D eigenvalue weighted by molar-refractivity contribution is 6.10. The molecule has 7 heteroatoms. The second-order valence-electron chi connectivity index (χ2n) is 16.7. The van der Waals surface area contributed by atoms with Crippen molar-refractivity contribution in [3.63, 3.8) is 0 Å². The predicted molar refractivity (Wildman–Crippen MR) is 243 cm³/mol. The van der Waals surface area contributed by atoms with Crippen molar-refractivity contribution in [3.05, 3.63) is 174 Å². The Morgan fingerprint density at radius 1 is 0.508 bits per heavy atom. The minimum absolute atomic E-state index is 0.0231. The van der Waals surface area contributed by atoms with Crippen LogP contribution in [-0.4, -0.2) is 31.2 Å².